The first-order valence-electron chi connectivity index (χ1n) is 5.83. The van der Waals surface area contributed by atoms with Crippen molar-refractivity contribution in [1.29, 1.82) is 0 Å². The second-order valence-corrected chi connectivity index (χ2v) is 3.43. The van der Waals surface area contributed by atoms with Crippen LogP contribution in [-0.4, -0.2) is 38.9 Å². The molecule has 0 spiro atoms. The Balaban J connectivity index is 2.05. The van der Waals surface area contributed by atoms with Gasteiger partial charge in [-0.2, -0.15) is 0 Å². The number of rotatable bonds is 8. The molecule has 0 heterocycles. The Bertz CT molecular complexity index is 314. The molecule has 1 rings (SSSR count). The number of hydrogen-bond acceptors (Lipinski definition) is 3. The molecule has 0 aliphatic carbocycles. The molecule has 0 fully saturated rings. The van der Waals surface area contributed by atoms with Crippen LogP contribution in [0.25, 0.3) is 0 Å². The maximum atomic E-state index is 11.6. The summed E-state index contributed by atoms with van der Waals surface area (Å²) in [4.78, 5) is 11.6. The zero-order chi connectivity index (χ0) is 12.3. The first-order chi connectivity index (χ1) is 8.34. The minimum absolute atomic E-state index is 0.0704. The van der Waals surface area contributed by atoms with Gasteiger partial charge in [0.2, 0.25) is 0 Å². The molecule has 1 N–H and O–H groups in total. The monoisotopic (exact) mass is 237 g/mol. The molecular formula is C13H19NO3. The summed E-state index contributed by atoms with van der Waals surface area (Å²) in [7, 11) is 0. The molecule has 0 aliphatic rings. The molecule has 0 radical (unpaired) electrons. The molecule has 0 saturated heterocycles. The van der Waals surface area contributed by atoms with Crippen molar-refractivity contribution in [3.05, 3.63) is 35.9 Å². The largest absolute Gasteiger partial charge is 0.379 e. The van der Waals surface area contributed by atoms with Crippen LogP contribution in [0.15, 0.2) is 30.3 Å². The van der Waals surface area contributed by atoms with Crippen molar-refractivity contribution in [1.82, 2.24) is 5.32 Å². The highest BCUT2D eigenvalue weighted by molar-refractivity contribution is 5.94. The van der Waals surface area contributed by atoms with Crippen LogP contribution < -0.4 is 5.32 Å². The van der Waals surface area contributed by atoms with E-state index in [2.05, 4.69) is 5.32 Å². The Hall–Kier alpha value is -1.39. The standard InChI is InChI=1S/C13H19NO3/c1-2-16-10-11-17-9-8-14-13(15)12-6-4-3-5-7-12/h3-7H,2,8-11H2,1H3,(H,14,15). The number of benzene rings is 1. The second kappa shape index (κ2) is 8.73. The van der Waals surface area contributed by atoms with Crippen molar-refractivity contribution in [2.24, 2.45) is 0 Å². The van der Waals surface area contributed by atoms with E-state index in [-0.39, 0.29) is 5.91 Å². The molecule has 0 unspecified atom stereocenters. The smallest absolute Gasteiger partial charge is 0.251 e. The summed E-state index contributed by atoms with van der Waals surface area (Å²) in [5, 5.41) is 2.79. The van der Waals surface area contributed by atoms with Crippen LogP contribution in [0, 0.1) is 0 Å². The molecule has 1 aromatic rings. The van der Waals surface area contributed by atoms with Gasteiger partial charge in [0.05, 0.1) is 19.8 Å². The lowest BCUT2D eigenvalue weighted by Gasteiger charge is -2.06. The van der Waals surface area contributed by atoms with Crippen molar-refractivity contribution < 1.29 is 14.3 Å². The Morgan fingerprint density at radius 1 is 1.12 bits per heavy atom. The second-order valence-electron chi connectivity index (χ2n) is 3.43. The highest BCUT2D eigenvalue weighted by Gasteiger charge is 2.02. The van der Waals surface area contributed by atoms with Crippen molar-refractivity contribution in [3.8, 4) is 0 Å². The molecule has 0 bridgehead atoms. The Kier molecular flexibility index (Phi) is 7.02. The van der Waals surface area contributed by atoms with Gasteiger partial charge in [0.25, 0.3) is 5.91 Å². The van der Waals surface area contributed by atoms with Crippen LogP contribution in [-0.2, 0) is 9.47 Å². The zero-order valence-electron chi connectivity index (χ0n) is 10.1. The van der Waals surface area contributed by atoms with Gasteiger partial charge in [0, 0.05) is 18.7 Å². The topological polar surface area (TPSA) is 47.6 Å². The molecule has 0 saturated carbocycles. The summed E-state index contributed by atoms with van der Waals surface area (Å²) in [5.74, 6) is -0.0704. The minimum atomic E-state index is -0.0704. The summed E-state index contributed by atoms with van der Waals surface area (Å²) < 4.78 is 10.4. The SMILES string of the molecule is CCOCCOCCNC(=O)c1ccccc1. The van der Waals surface area contributed by atoms with Crippen LogP contribution in [0.1, 0.15) is 17.3 Å². The number of hydrogen-bond donors (Lipinski definition) is 1. The molecule has 0 atom stereocenters. The Morgan fingerprint density at radius 2 is 1.82 bits per heavy atom. The van der Waals surface area contributed by atoms with Crippen LogP contribution in [0.5, 0.6) is 0 Å². The van der Waals surface area contributed by atoms with E-state index in [0.717, 1.165) is 0 Å². The maximum absolute atomic E-state index is 11.6. The van der Waals surface area contributed by atoms with Gasteiger partial charge in [-0.3, -0.25) is 4.79 Å². The Morgan fingerprint density at radius 3 is 2.53 bits per heavy atom. The normalized spacial score (nSPS) is 10.2. The van der Waals surface area contributed by atoms with Crippen molar-refractivity contribution >= 4 is 5.91 Å². The average Bonchev–Trinajstić information content (AvgIpc) is 2.38. The zero-order valence-corrected chi connectivity index (χ0v) is 10.1. The lowest BCUT2D eigenvalue weighted by atomic mass is 10.2. The Labute approximate surface area is 102 Å². The number of amides is 1. The van der Waals surface area contributed by atoms with E-state index in [1.165, 1.54) is 0 Å². The fourth-order valence-corrected chi connectivity index (χ4v) is 1.29. The highest BCUT2D eigenvalue weighted by atomic mass is 16.5. The van der Waals surface area contributed by atoms with Gasteiger partial charge < -0.3 is 14.8 Å². The first-order valence-corrected chi connectivity index (χ1v) is 5.83. The number of nitrogens with one attached hydrogen (secondary N) is 1. The lowest BCUT2D eigenvalue weighted by Crippen LogP contribution is -2.27. The van der Waals surface area contributed by atoms with Crippen molar-refractivity contribution in [3.63, 3.8) is 0 Å². The van der Waals surface area contributed by atoms with E-state index >= 15 is 0 Å². The van der Waals surface area contributed by atoms with Gasteiger partial charge in [0.1, 0.15) is 0 Å². The molecule has 1 amide bonds. The molecule has 0 aliphatic heterocycles. The molecule has 4 nitrogen and oxygen atoms in total. The van der Waals surface area contributed by atoms with E-state index in [0.29, 0.717) is 38.5 Å². The third-order valence-corrected chi connectivity index (χ3v) is 2.14. The van der Waals surface area contributed by atoms with Crippen LogP contribution in [0.2, 0.25) is 0 Å². The number of carbonyl (C=O) groups excluding carboxylic acids is 1. The summed E-state index contributed by atoms with van der Waals surface area (Å²) >= 11 is 0. The van der Waals surface area contributed by atoms with Gasteiger partial charge in [-0.05, 0) is 19.1 Å². The number of carbonyl (C=O) groups is 1. The third kappa shape index (κ3) is 6.04. The minimum Gasteiger partial charge on any atom is -0.379 e. The van der Waals surface area contributed by atoms with E-state index in [1.54, 1.807) is 12.1 Å². The van der Waals surface area contributed by atoms with Crippen molar-refractivity contribution in [2.75, 3.05) is 33.0 Å². The highest BCUT2D eigenvalue weighted by Crippen LogP contribution is 1.97. The average molecular weight is 237 g/mol. The van der Waals surface area contributed by atoms with E-state index in [4.69, 9.17) is 9.47 Å². The fourth-order valence-electron chi connectivity index (χ4n) is 1.29. The van der Waals surface area contributed by atoms with E-state index in [9.17, 15) is 4.79 Å². The molecule has 4 heteroatoms. The molecule has 0 aromatic heterocycles. The van der Waals surface area contributed by atoms with E-state index in [1.807, 2.05) is 25.1 Å². The van der Waals surface area contributed by atoms with Crippen LogP contribution >= 0.6 is 0 Å². The van der Waals surface area contributed by atoms with Gasteiger partial charge >= 0.3 is 0 Å². The van der Waals surface area contributed by atoms with Gasteiger partial charge in [-0.15, -0.1) is 0 Å². The van der Waals surface area contributed by atoms with Gasteiger partial charge in [0.15, 0.2) is 0 Å². The van der Waals surface area contributed by atoms with Gasteiger partial charge in [-0.1, -0.05) is 18.2 Å². The van der Waals surface area contributed by atoms with E-state index < -0.39 is 0 Å². The van der Waals surface area contributed by atoms with Crippen LogP contribution in [0.3, 0.4) is 0 Å². The number of ether oxygens (including phenoxy) is 2. The summed E-state index contributed by atoms with van der Waals surface area (Å²) in [6.07, 6.45) is 0. The fraction of sp³-hybridized carbons (Fsp3) is 0.462. The molecule has 94 valence electrons. The predicted molar refractivity (Wildman–Crippen MR) is 66.1 cm³/mol. The van der Waals surface area contributed by atoms with Gasteiger partial charge in [-0.25, -0.2) is 0 Å². The molecule has 1 aromatic carbocycles. The summed E-state index contributed by atoms with van der Waals surface area (Å²) in [6.45, 7) is 4.83. The van der Waals surface area contributed by atoms with Crippen molar-refractivity contribution in [2.45, 2.75) is 6.92 Å². The maximum Gasteiger partial charge on any atom is 0.251 e. The summed E-state index contributed by atoms with van der Waals surface area (Å²) in [5.41, 5.74) is 0.668. The third-order valence-electron chi connectivity index (χ3n) is 2.14. The van der Waals surface area contributed by atoms with Crippen LogP contribution in [0.4, 0.5) is 0 Å². The first kappa shape index (κ1) is 13.7. The summed E-state index contributed by atoms with van der Waals surface area (Å²) in [6, 6.07) is 9.13. The lowest BCUT2D eigenvalue weighted by molar-refractivity contribution is 0.0531. The predicted octanol–water partition coefficient (Wildman–Crippen LogP) is 1.47. The molecule has 17 heavy (non-hydrogen) atoms. The quantitative estimate of drug-likeness (QED) is 0.696. The molecular weight excluding hydrogens is 218 g/mol.